The van der Waals surface area contributed by atoms with E-state index in [0.29, 0.717) is 5.56 Å². The SMILES string of the molecule is O=C(OCCCl)OC1=C(c2ccccc2)S(=O)(=O)C(c2ccccc2)C1=O. The Hall–Kier alpha value is -2.64. The minimum atomic E-state index is -4.13. The number of allylic oxidation sites excluding steroid dienone is 1. The molecule has 8 heteroatoms. The smallest absolute Gasteiger partial charge is 0.433 e. The second kappa shape index (κ2) is 7.94. The molecule has 0 radical (unpaired) electrons. The first-order chi connectivity index (χ1) is 13.0. The summed E-state index contributed by atoms with van der Waals surface area (Å²) in [6.07, 6.45) is -1.18. The van der Waals surface area contributed by atoms with Gasteiger partial charge >= 0.3 is 6.16 Å². The number of hydrogen-bond acceptors (Lipinski definition) is 6. The maximum absolute atomic E-state index is 13.2. The summed E-state index contributed by atoms with van der Waals surface area (Å²) < 4.78 is 36.1. The zero-order valence-corrected chi connectivity index (χ0v) is 15.6. The topological polar surface area (TPSA) is 86.7 Å². The van der Waals surface area contributed by atoms with Crippen LogP contribution < -0.4 is 0 Å². The highest BCUT2D eigenvalue weighted by molar-refractivity contribution is 8.02. The minimum Gasteiger partial charge on any atom is -0.433 e. The van der Waals surface area contributed by atoms with Crippen molar-refractivity contribution in [3.8, 4) is 0 Å². The molecular weight excluding hydrogens is 392 g/mol. The van der Waals surface area contributed by atoms with Crippen LogP contribution in [-0.2, 0) is 24.1 Å². The molecule has 140 valence electrons. The molecule has 1 unspecified atom stereocenters. The van der Waals surface area contributed by atoms with Gasteiger partial charge in [-0.3, -0.25) is 4.79 Å². The molecular formula is C19H15ClO6S. The van der Waals surface area contributed by atoms with E-state index in [0.717, 1.165) is 0 Å². The van der Waals surface area contributed by atoms with Crippen LogP contribution in [0.2, 0.25) is 0 Å². The molecule has 2 aromatic carbocycles. The fourth-order valence-corrected chi connectivity index (χ4v) is 4.88. The number of halogens is 1. The predicted octanol–water partition coefficient (Wildman–Crippen LogP) is 3.49. The molecule has 0 amide bonds. The summed E-state index contributed by atoms with van der Waals surface area (Å²) in [6.45, 7) is -0.128. The van der Waals surface area contributed by atoms with Gasteiger partial charge in [0.25, 0.3) is 0 Å². The number of ketones is 1. The van der Waals surface area contributed by atoms with Crippen LogP contribution in [0.25, 0.3) is 4.91 Å². The summed E-state index contributed by atoms with van der Waals surface area (Å²) in [6, 6.07) is 16.1. The van der Waals surface area contributed by atoms with Crippen LogP contribution in [0.5, 0.6) is 0 Å². The Morgan fingerprint density at radius 1 is 1.00 bits per heavy atom. The van der Waals surface area contributed by atoms with Crippen molar-refractivity contribution < 1.29 is 27.5 Å². The third-order valence-electron chi connectivity index (χ3n) is 3.88. The van der Waals surface area contributed by atoms with Crippen molar-refractivity contribution >= 4 is 38.3 Å². The first-order valence-corrected chi connectivity index (χ1v) is 10.1. The van der Waals surface area contributed by atoms with Crippen molar-refractivity contribution in [2.45, 2.75) is 5.25 Å². The van der Waals surface area contributed by atoms with E-state index in [1.165, 1.54) is 24.3 Å². The normalized spacial score (nSPS) is 18.4. The highest BCUT2D eigenvalue weighted by Crippen LogP contribution is 2.44. The van der Waals surface area contributed by atoms with Crippen LogP contribution in [0.4, 0.5) is 4.79 Å². The molecule has 0 fully saturated rings. The van der Waals surface area contributed by atoms with E-state index in [9.17, 15) is 18.0 Å². The lowest BCUT2D eigenvalue weighted by molar-refractivity contribution is -0.117. The third-order valence-corrected chi connectivity index (χ3v) is 6.14. The lowest BCUT2D eigenvalue weighted by Gasteiger charge is -2.10. The standard InChI is InChI=1S/C19H15ClO6S/c20-11-12-25-19(22)26-16-15(21)17(13-7-3-1-4-8-13)27(23,24)18(16)14-9-5-2-6-10-14/h1-10,17H,11-12H2. The van der Waals surface area contributed by atoms with Crippen LogP contribution in [-0.4, -0.2) is 32.8 Å². The molecule has 0 spiro atoms. The van der Waals surface area contributed by atoms with Gasteiger partial charge in [-0.1, -0.05) is 60.7 Å². The first-order valence-electron chi connectivity index (χ1n) is 8.00. The van der Waals surface area contributed by atoms with E-state index in [-0.39, 0.29) is 23.0 Å². The molecule has 1 atom stereocenters. The van der Waals surface area contributed by atoms with Gasteiger partial charge in [-0.05, 0) is 11.1 Å². The highest BCUT2D eigenvalue weighted by Gasteiger charge is 2.50. The van der Waals surface area contributed by atoms with Crippen LogP contribution in [0.15, 0.2) is 66.4 Å². The van der Waals surface area contributed by atoms with E-state index < -0.39 is 32.8 Å². The predicted molar refractivity (Wildman–Crippen MR) is 99.6 cm³/mol. The molecule has 0 aromatic heterocycles. The molecule has 3 rings (SSSR count). The maximum atomic E-state index is 13.2. The zero-order valence-electron chi connectivity index (χ0n) is 14.0. The van der Waals surface area contributed by atoms with Crippen LogP contribution >= 0.6 is 11.6 Å². The number of sulfone groups is 1. The second-order valence-electron chi connectivity index (χ2n) is 5.61. The van der Waals surface area contributed by atoms with Gasteiger partial charge < -0.3 is 9.47 Å². The molecule has 2 aromatic rings. The van der Waals surface area contributed by atoms with Crippen molar-refractivity contribution in [1.82, 2.24) is 0 Å². The number of carbonyl (C=O) groups excluding carboxylic acids is 2. The van der Waals surface area contributed by atoms with Crippen molar-refractivity contribution in [2.24, 2.45) is 0 Å². The Kier molecular flexibility index (Phi) is 5.62. The number of rotatable bonds is 5. The summed E-state index contributed by atoms with van der Waals surface area (Å²) in [5, 5.41) is -1.48. The summed E-state index contributed by atoms with van der Waals surface area (Å²) in [5.41, 5.74) is 0.549. The van der Waals surface area contributed by atoms with E-state index in [1.807, 2.05) is 0 Å². The Labute approximate surface area is 161 Å². The lowest BCUT2D eigenvalue weighted by Crippen LogP contribution is -2.18. The van der Waals surface area contributed by atoms with Crippen molar-refractivity contribution in [3.63, 3.8) is 0 Å². The molecule has 27 heavy (non-hydrogen) atoms. The highest BCUT2D eigenvalue weighted by atomic mass is 35.5. The van der Waals surface area contributed by atoms with Crippen molar-refractivity contribution in [2.75, 3.05) is 12.5 Å². The number of alkyl halides is 1. The number of Topliss-reactive ketones (excluding diaryl/α,β-unsaturated/α-hetero) is 1. The number of benzene rings is 2. The summed E-state index contributed by atoms with van der Waals surface area (Å²) in [5.74, 6) is -1.32. The average Bonchev–Trinajstić information content (AvgIpc) is 2.86. The molecule has 1 aliphatic heterocycles. The molecule has 0 aliphatic carbocycles. The van der Waals surface area contributed by atoms with Crippen LogP contribution in [0, 0.1) is 0 Å². The number of hydrogen-bond donors (Lipinski definition) is 0. The quantitative estimate of drug-likeness (QED) is 0.558. The molecule has 0 saturated heterocycles. The lowest BCUT2D eigenvalue weighted by atomic mass is 10.1. The Morgan fingerprint density at radius 3 is 2.19 bits per heavy atom. The zero-order chi connectivity index (χ0) is 19.4. The van der Waals surface area contributed by atoms with Gasteiger partial charge in [0.15, 0.2) is 20.8 Å². The van der Waals surface area contributed by atoms with Crippen molar-refractivity contribution in [1.29, 1.82) is 0 Å². The Balaban J connectivity index is 2.11. The molecule has 0 N–H and O–H groups in total. The largest absolute Gasteiger partial charge is 0.514 e. The van der Waals surface area contributed by atoms with Crippen molar-refractivity contribution in [3.05, 3.63) is 77.5 Å². The van der Waals surface area contributed by atoms with E-state index in [1.54, 1.807) is 36.4 Å². The Bertz CT molecular complexity index is 983. The molecule has 0 bridgehead atoms. The monoisotopic (exact) mass is 406 g/mol. The van der Waals surface area contributed by atoms with Gasteiger partial charge in [0.1, 0.15) is 11.5 Å². The first kappa shape index (κ1) is 19.1. The Morgan fingerprint density at radius 2 is 1.59 bits per heavy atom. The fourth-order valence-electron chi connectivity index (χ4n) is 2.79. The molecule has 6 nitrogen and oxygen atoms in total. The van der Waals surface area contributed by atoms with Gasteiger partial charge in [-0.25, -0.2) is 13.2 Å². The molecule has 1 heterocycles. The summed E-state index contributed by atoms with van der Waals surface area (Å²) >= 11 is 5.46. The third kappa shape index (κ3) is 3.74. The van der Waals surface area contributed by atoms with E-state index in [4.69, 9.17) is 21.1 Å². The van der Waals surface area contributed by atoms with Crippen LogP contribution in [0.1, 0.15) is 16.4 Å². The minimum absolute atomic E-state index is 0.0403. The van der Waals surface area contributed by atoms with Gasteiger partial charge in [0, 0.05) is 0 Å². The van der Waals surface area contributed by atoms with E-state index >= 15 is 0 Å². The second-order valence-corrected chi connectivity index (χ2v) is 7.96. The summed E-state index contributed by atoms with van der Waals surface area (Å²) in [7, 11) is -4.13. The number of carbonyl (C=O) groups is 2. The molecule has 0 saturated carbocycles. The van der Waals surface area contributed by atoms with Gasteiger partial charge in [-0.2, -0.15) is 0 Å². The van der Waals surface area contributed by atoms with E-state index in [2.05, 4.69) is 0 Å². The molecule has 1 aliphatic rings. The van der Waals surface area contributed by atoms with Gasteiger partial charge in [0.05, 0.1) is 5.88 Å². The fraction of sp³-hybridized carbons (Fsp3) is 0.158. The summed E-state index contributed by atoms with van der Waals surface area (Å²) in [4.78, 5) is 24.4. The maximum Gasteiger partial charge on any atom is 0.514 e. The average molecular weight is 407 g/mol. The van der Waals surface area contributed by atoms with Crippen LogP contribution in [0.3, 0.4) is 0 Å². The van der Waals surface area contributed by atoms with Gasteiger partial charge in [0.2, 0.25) is 5.78 Å². The number of ether oxygens (including phenoxy) is 2. The van der Waals surface area contributed by atoms with Gasteiger partial charge in [-0.15, -0.1) is 11.6 Å².